The zero-order chi connectivity index (χ0) is 9.54. The molecule has 14 heavy (non-hydrogen) atoms. The van der Waals surface area contributed by atoms with Gasteiger partial charge in [0.2, 0.25) is 0 Å². The summed E-state index contributed by atoms with van der Waals surface area (Å²) in [5, 5.41) is 3.70. The first-order valence-corrected chi connectivity index (χ1v) is 5.40. The molecule has 1 aromatic heterocycles. The van der Waals surface area contributed by atoms with Crippen molar-refractivity contribution >= 4 is 32.3 Å². The minimum atomic E-state index is 1.12. The lowest BCUT2D eigenvalue weighted by atomic mass is 10.1. The van der Waals surface area contributed by atoms with E-state index in [1.807, 2.05) is 0 Å². The third-order valence-corrected chi connectivity index (χ3v) is 3.30. The monoisotopic (exact) mass is 199 g/mol. The van der Waals surface area contributed by atoms with E-state index < -0.39 is 0 Å². The Balaban J connectivity index is 2.51. The number of benzene rings is 2. The predicted octanol–water partition coefficient (Wildman–Crippen LogP) is 3.76. The highest BCUT2D eigenvalue weighted by Gasteiger charge is 2.01. The summed E-state index contributed by atoms with van der Waals surface area (Å²) in [5.74, 6) is 0. The molecule has 1 heterocycles. The standard InChI is InChI=1S/C12H9NS/c1-8-13-11-6-9-4-2-3-5-10(9)7-12(11)14-8/h2-7H,1H3. The molecule has 0 N–H and O–H groups in total. The number of hydrogen-bond donors (Lipinski definition) is 0. The van der Waals surface area contributed by atoms with Crippen LogP contribution in [0.1, 0.15) is 5.01 Å². The number of aromatic nitrogens is 1. The van der Waals surface area contributed by atoms with Crippen LogP contribution in [-0.4, -0.2) is 4.98 Å². The van der Waals surface area contributed by atoms with Crippen LogP contribution in [0.15, 0.2) is 36.4 Å². The Morgan fingerprint density at radius 2 is 1.79 bits per heavy atom. The fourth-order valence-electron chi connectivity index (χ4n) is 1.73. The largest absolute Gasteiger partial charge is 0.241 e. The Morgan fingerprint density at radius 3 is 2.57 bits per heavy atom. The molecule has 0 aliphatic carbocycles. The van der Waals surface area contributed by atoms with Gasteiger partial charge in [-0.05, 0) is 29.8 Å². The van der Waals surface area contributed by atoms with E-state index in [-0.39, 0.29) is 0 Å². The second kappa shape index (κ2) is 2.79. The number of aryl methyl sites for hydroxylation is 1. The molecule has 0 aliphatic rings. The summed E-state index contributed by atoms with van der Waals surface area (Å²) in [6.07, 6.45) is 0. The molecule has 0 fully saturated rings. The van der Waals surface area contributed by atoms with Crippen molar-refractivity contribution in [3.05, 3.63) is 41.4 Å². The normalized spacial score (nSPS) is 11.2. The summed E-state index contributed by atoms with van der Waals surface area (Å²) in [4.78, 5) is 4.48. The second-order valence-electron chi connectivity index (χ2n) is 3.40. The lowest BCUT2D eigenvalue weighted by Gasteiger charge is -1.95. The molecule has 0 saturated carbocycles. The van der Waals surface area contributed by atoms with Gasteiger partial charge in [0.15, 0.2) is 0 Å². The van der Waals surface area contributed by atoms with Crippen molar-refractivity contribution < 1.29 is 0 Å². The SMILES string of the molecule is Cc1nc2cc3ccccc3cc2s1. The van der Waals surface area contributed by atoms with Gasteiger partial charge < -0.3 is 0 Å². The van der Waals surface area contributed by atoms with Crippen LogP contribution in [0.25, 0.3) is 21.0 Å². The third kappa shape index (κ3) is 1.11. The van der Waals surface area contributed by atoms with Gasteiger partial charge in [-0.3, -0.25) is 0 Å². The Kier molecular flexibility index (Phi) is 1.58. The minimum Gasteiger partial charge on any atom is -0.241 e. The maximum atomic E-state index is 4.48. The van der Waals surface area contributed by atoms with E-state index in [2.05, 4.69) is 48.3 Å². The van der Waals surface area contributed by atoms with Crippen LogP contribution in [0.4, 0.5) is 0 Å². The fraction of sp³-hybridized carbons (Fsp3) is 0.0833. The quantitative estimate of drug-likeness (QED) is 0.537. The van der Waals surface area contributed by atoms with Gasteiger partial charge in [-0.2, -0.15) is 0 Å². The van der Waals surface area contributed by atoms with E-state index in [0.717, 1.165) is 10.5 Å². The first-order chi connectivity index (χ1) is 6.83. The van der Waals surface area contributed by atoms with Crippen LogP contribution in [0.5, 0.6) is 0 Å². The number of rotatable bonds is 0. The van der Waals surface area contributed by atoms with Crippen molar-refractivity contribution in [3.63, 3.8) is 0 Å². The number of nitrogens with zero attached hydrogens (tertiary/aromatic N) is 1. The first-order valence-electron chi connectivity index (χ1n) is 4.59. The van der Waals surface area contributed by atoms with Crippen LogP contribution in [0.2, 0.25) is 0 Å². The van der Waals surface area contributed by atoms with Crippen molar-refractivity contribution in [2.75, 3.05) is 0 Å². The molecule has 2 aromatic carbocycles. The molecule has 0 spiro atoms. The molecule has 0 amide bonds. The van der Waals surface area contributed by atoms with E-state index in [9.17, 15) is 0 Å². The summed E-state index contributed by atoms with van der Waals surface area (Å²) in [7, 11) is 0. The Labute approximate surface area is 86.0 Å². The van der Waals surface area contributed by atoms with E-state index in [1.54, 1.807) is 11.3 Å². The highest BCUT2D eigenvalue weighted by atomic mass is 32.1. The molecule has 0 bridgehead atoms. The molecule has 3 aromatic rings. The number of thiazole rings is 1. The molecule has 0 aliphatic heterocycles. The van der Waals surface area contributed by atoms with E-state index >= 15 is 0 Å². The van der Waals surface area contributed by atoms with Crippen molar-refractivity contribution in [2.45, 2.75) is 6.92 Å². The zero-order valence-corrected chi connectivity index (χ0v) is 8.64. The molecule has 2 heteroatoms. The molecule has 0 unspecified atom stereocenters. The summed E-state index contributed by atoms with van der Waals surface area (Å²) < 4.78 is 1.28. The number of fused-ring (bicyclic) bond motifs is 2. The Hall–Kier alpha value is -1.41. The van der Waals surface area contributed by atoms with Gasteiger partial charge >= 0.3 is 0 Å². The molecule has 3 rings (SSSR count). The van der Waals surface area contributed by atoms with Crippen molar-refractivity contribution in [2.24, 2.45) is 0 Å². The van der Waals surface area contributed by atoms with Gasteiger partial charge in [-0.1, -0.05) is 24.3 Å². The highest BCUT2D eigenvalue weighted by molar-refractivity contribution is 7.18. The highest BCUT2D eigenvalue weighted by Crippen LogP contribution is 2.26. The first kappa shape index (κ1) is 7.94. The average Bonchev–Trinajstić information content (AvgIpc) is 2.53. The van der Waals surface area contributed by atoms with Crippen LogP contribution in [0, 0.1) is 6.92 Å². The van der Waals surface area contributed by atoms with E-state index in [1.165, 1.54) is 15.5 Å². The lowest BCUT2D eigenvalue weighted by molar-refractivity contribution is 1.35. The smallest absolute Gasteiger partial charge is 0.0907 e. The van der Waals surface area contributed by atoms with Crippen LogP contribution < -0.4 is 0 Å². The van der Waals surface area contributed by atoms with E-state index in [4.69, 9.17) is 0 Å². The Morgan fingerprint density at radius 1 is 1.07 bits per heavy atom. The van der Waals surface area contributed by atoms with E-state index in [0.29, 0.717) is 0 Å². The van der Waals surface area contributed by atoms with Crippen LogP contribution in [-0.2, 0) is 0 Å². The predicted molar refractivity (Wildman–Crippen MR) is 61.9 cm³/mol. The average molecular weight is 199 g/mol. The molecule has 0 radical (unpaired) electrons. The molecular weight excluding hydrogens is 190 g/mol. The Bertz CT molecular complexity index is 557. The molecule has 1 nitrogen and oxygen atoms in total. The van der Waals surface area contributed by atoms with Gasteiger partial charge in [0.25, 0.3) is 0 Å². The molecule has 0 saturated heterocycles. The minimum absolute atomic E-state index is 1.12. The second-order valence-corrected chi connectivity index (χ2v) is 4.63. The fourth-order valence-corrected chi connectivity index (χ4v) is 2.59. The van der Waals surface area contributed by atoms with Crippen LogP contribution >= 0.6 is 11.3 Å². The summed E-state index contributed by atoms with van der Waals surface area (Å²) in [5.41, 5.74) is 1.12. The number of hydrogen-bond acceptors (Lipinski definition) is 2. The summed E-state index contributed by atoms with van der Waals surface area (Å²) in [6.45, 7) is 2.05. The van der Waals surface area contributed by atoms with Crippen molar-refractivity contribution in [3.8, 4) is 0 Å². The van der Waals surface area contributed by atoms with Gasteiger partial charge in [0, 0.05) is 0 Å². The topological polar surface area (TPSA) is 12.9 Å². The summed E-state index contributed by atoms with van der Waals surface area (Å²) >= 11 is 1.76. The molecular formula is C12H9NS. The van der Waals surface area contributed by atoms with Gasteiger partial charge in [-0.25, -0.2) is 4.98 Å². The zero-order valence-electron chi connectivity index (χ0n) is 7.82. The van der Waals surface area contributed by atoms with Gasteiger partial charge in [0.05, 0.1) is 15.2 Å². The maximum Gasteiger partial charge on any atom is 0.0907 e. The van der Waals surface area contributed by atoms with Crippen LogP contribution in [0.3, 0.4) is 0 Å². The van der Waals surface area contributed by atoms with Crippen molar-refractivity contribution in [1.29, 1.82) is 0 Å². The van der Waals surface area contributed by atoms with Gasteiger partial charge in [-0.15, -0.1) is 11.3 Å². The molecule has 0 atom stereocenters. The lowest BCUT2D eigenvalue weighted by Crippen LogP contribution is -1.72. The van der Waals surface area contributed by atoms with Gasteiger partial charge in [0.1, 0.15) is 0 Å². The summed E-state index contributed by atoms with van der Waals surface area (Å²) in [6, 6.07) is 12.8. The maximum absolute atomic E-state index is 4.48. The van der Waals surface area contributed by atoms with Crippen molar-refractivity contribution in [1.82, 2.24) is 4.98 Å². The third-order valence-electron chi connectivity index (χ3n) is 2.36. The molecule has 68 valence electrons.